The lowest BCUT2D eigenvalue weighted by Crippen LogP contribution is -2.04. The maximum Gasteiger partial charge on any atom is 0.337 e. The number of nitrogens with one attached hydrogen (secondary N) is 1. The second-order valence-corrected chi connectivity index (χ2v) is 3.33. The molecule has 0 fully saturated rings. The van der Waals surface area contributed by atoms with Crippen LogP contribution in [0.1, 0.15) is 17.3 Å². The molecule has 1 aromatic carbocycles. The van der Waals surface area contributed by atoms with Crippen molar-refractivity contribution in [2.75, 3.05) is 5.32 Å². The van der Waals surface area contributed by atoms with Gasteiger partial charge in [-0.3, -0.25) is 0 Å². The normalized spacial score (nSPS) is 11.5. The minimum atomic E-state index is -0.952. The van der Waals surface area contributed by atoms with Crippen LogP contribution in [0, 0.1) is 0 Å². The van der Waals surface area contributed by atoms with Gasteiger partial charge in [0.05, 0.1) is 11.3 Å². The molecule has 0 aromatic heterocycles. The smallest absolute Gasteiger partial charge is 0.337 e. The van der Waals surface area contributed by atoms with E-state index in [4.69, 9.17) is 5.11 Å². The zero-order valence-electron chi connectivity index (χ0n) is 9.68. The number of allylic oxidation sites excluding steroid dienone is 4. The first-order valence-electron chi connectivity index (χ1n) is 5.23. The van der Waals surface area contributed by atoms with Crippen LogP contribution in [0.2, 0.25) is 0 Å². The molecule has 0 saturated carbocycles. The number of rotatable bonds is 5. The summed E-state index contributed by atoms with van der Waals surface area (Å²) in [5, 5.41) is 12.1. The topological polar surface area (TPSA) is 49.3 Å². The van der Waals surface area contributed by atoms with Crippen molar-refractivity contribution in [3.05, 3.63) is 66.4 Å². The molecule has 0 unspecified atom stereocenters. The fourth-order valence-electron chi connectivity index (χ4n) is 1.38. The molecule has 1 aromatic rings. The first-order valence-corrected chi connectivity index (χ1v) is 5.23. The van der Waals surface area contributed by atoms with E-state index in [-0.39, 0.29) is 5.56 Å². The van der Waals surface area contributed by atoms with Crippen LogP contribution in [0.5, 0.6) is 0 Å². The van der Waals surface area contributed by atoms with Crippen LogP contribution in [0.3, 0.4) is 0 Å². The third-order valence-corrected chi connectivity index (χ3v) is 2.08. The number of carboxylic acids is 1. The van der Waals surface area contributed by atoms with Crippen LogP contribution >= 0.6 is 0 Å². The fraction of sp³-hybridized carbons (Fsp3) is 0.0714. The van der Waals surface area contributed by atoms with Gasteiger partial charge in [0.15, 0.2) is 0 Å². The molecule has 17 heavy (non-hydrogen) atoms. The third kappa shape index (κ3) is 3.65. The molecule has 0 bridgehead atoms. The summed E-state index contributed by atoms with van der Waals surface area (Å²) in [6.45, 7) is 5.51. The lowest BCUT2D eigenvalue weighted by atomic mass is 10.1. The van der Waals surface area contributed by atoms with E-state index >= 15 is 0 Å². The van der Waals surface area contributed by atoms with Crippen molar-refractivity contribution in [1.82, 2.24) is 0 Å². The van der Waals surface area contributed by atoms with Crippen molar-refractivity contribution in [2.24, 2.45) is 0 Å². The van der Waals surface area contributed by atoms with Crippen LogP contribution in [0.4, 0.5) is 5.69 Å². The summed E-state index contributed by atoms with van der Waals surface area (Å²) in [5.41, 5.74) is 1.59. The zero-order valence-corrected chi connectivity index (χ0v) is 9.68. The van der Waals surface area contributed by atoms with E-state index in [0.717, 1.165) is 5.70 Å². The Balaban J connectivity index is 3.05. The van der Waals surface area contributed by atoms with Crippen LogP contribution in [0.15, 0.2) is 60.8 Å². The highest BCUT2D eigenvalue weighted by molar-refractivity contribution is 5.94. The molecule has 0 amide bonds. The molecule has 0 aliphatic heterocycles. The van der Waals surface area contributed by atoms with Gasteiger partial charge in [0.2, 0.25) is 0 Å². The summed E-state index contributed by atoms with van der Waals surface area (Å²) in [7, 11) is 0. The van der Waals surface area contributed by atoms with E-state index in [2.05, 4.69) is 11.9 Å². The predicted octanol–water partition coefficient (Wildman–Crippen LogP) is 3.44. The first-order chi connectivity index (χ1) is 8.19. The number of hydrogen-bond acceptors (Lipinski definition) is 2. The summed E-state index contributed by atoms with van der Waals surface area (Å²) in [5.74, 6) is -0.952. The highest BCUT2D eigenvalue weighted by Gasteiger charge is 2.08. The van der Waals surface area contributed by atoms with Gasteiger partial charge < -0.3 is 10.4 Å². The van der Waals surface area contributed by atoms with E-state index in [1.165, 1.54) is 0 Å². The summed E-state index contributed by atoms with van der Waals surface area (Å²) in [4.78, 5) is 11.0. The average Bonchev–Trinajstić information content (AvgIpc) is 2.30. The Labute approximate surface area is 101 Å². The number of hydrogen-bond donors (Lipinski definition) is 2. The van der Waals surface area contributed by atoms with E-state index in [1.807, 2.05) is 19.1 Å². The summed E-state index contributed by atoms with van der Waals surface area (Å²) in [6, 6.07) is 6.77. The number of aromatic carboxylic acids is 1. The Hall–Kier alpha value is -2.29. The maximum absolute atomic E-state index is 11.0. The van der Waals surface area contributed by atoms with E-state index in [9.17, 15) is 4.79 Å². The molecular formula is C14H15NO2. The molecule has 2 N–H and O–H groups in total. The SMILES string of the molecule is C=C/C=C(\C=C/C)Nc1ccccc1C(=O)O. The molecule has 0 radical (unpaired) electrons. The number of carbonyl (C=O) groups is 1. The Bertz CT molecular complexity index is 473. The van der Waals surface area contributed by atoms with Crippen LogP contribution in [-0.4, -0.2) is 11.1 Å². The van der Waals surface area contributed by atoms with Gasteiger partial charge in [-0.25, -0.2) is 4.79 Å². The van der Waals surface area contributed by atoms with E-state index < -0.39 is 5.97 Å². The molecule has 1 rings (SSSR count). The van der Waals surface area contributed by atoms with Crippen LogP contribution in [-0.2, 0) is 0 Å². The van der Waals surface area contributed by atoms with Gasteiger partial charge in [0, 0.05) is 5.70 Å². The van der Waals surface area contributed by atoms with Crippen molar-refractivity contribution in [1.29, 1.82) is 0 Å². The van der Waals surface area contributed by atoms with Gasteiger partial charge in [-0.1, -0.05) is 30.9 Å². The van der Waals surface area contributed by atoms with Gasteiger partial charge in [-0.05, 0) is 31.2 Å². The predicted molar refractivity (Wildman–Crippen MR) is 70.1 cm³/mol. The van der Waals surface area contributed by atoms with Gasteiger partial charge in [0.1, 0.15) is 0 Å². The zero-order chi connectivity index (χ0) is 12.7. The van der Waals surface area contributed by atoms with Crippen LogP contribution < -0.4 is 5.32 Å². The third-order valence-electron chi connectivity index (χ3n) is 2.08. The maximum atomic E-state index is 11.0. The highest BCUT2D eigenvalue weighted by Crippen LogP contribution is 2.17. The summed E-state index contributed by atoms with van der Waals surface area (Å²) < 4.78 is 0. The Kier molecular flexibility index (Phi) is 4.76. The number of anilines is 1. The molecule has 3 nitrogen and oxygen atoms in total. The van der Waals surface area contributed by atoms with Crippen molar-refractivity contribution >= 4 is 11.7 Å². The molecule has 0 aliphatic rings. The quantitative estimate of drug-likeness (QED) is 0.760. The summed E-state index contributed by atoms with van der Waals surface area (Å²) in [6.07, 6.45) is 7.14. The standard InChI is InChI=1S/C14H15NO2/c1-3-7-11(8-4-2)15-13-10-6-5-9-12(13)14(16)17/h3-10,15H,1H2,2H3,(H,16,17)/b8-4-,11-7+. The van der Waals surface area contributed by atoms with Crippen LogP contribution in [0.25, 0.3) is 0 Å². The number of para-hydroxylation sites is 1. The lowest BCUT2D eigenvalue weighted by Gasteiger charge is -2.09. The van der Waals surface area contributed by atoms with E-state index in [1.54, 1.807) is 36.4 Å². The first kappa shape index (κ1) is 12.8. The molecule has 0 heterocycles. The Morgan fingerprint density at radius 1 is 1.41 bits per heavy atom. The van der Waals surface area contributed by atoms with Gasteiger partial charge >= 0.3 is 5.97 Å². The molecule has 0 aliphatic carbocycles. The van der Waals surface area contributed by atoms with E-state index in [0.29, 0.717) is 5.69 Å². The molecule has 3 heteroatoms. The molecule has 88 valence electrons. The molecule has 0 saturated heterocycles. The summed E-state index contributed by atoms with van der Waals surface area (Å²) >= 11 is 0. The van der Waals surface area contributed by atoms with Crippen molar-refractivity contribution in [3.63, 3.8) is 0 Å². The molecular weight excluding hydrogens is 214 g/mol. The Morgan fingerprint density at radius 3 is 2.71 bits per heavy atom. The largest absolute Gasteiger partial charge is 0.478 e. The monoisotopic (exact) mass is 229 g/mol. The molecule has 0 atom stereocenters. The van der Waals surface area contributed by atoms with Crippen molar-refractivity contribution in [3.8, 4) is 0 Å². The average molecular weight is 229 g/mol. The van der Waals surface area contributed by atoms with Gasteiger partial charge in [-0.15, -0.1) is 0 Å². The number of carboxylic acid groups (broad SMARTS) is 1. The number of benzene rings is 1. The fourth-order valence-corrected chi connectivity index (χ4v) is 1.38. The van der Waals surface area contributed by atoms with Crippen molar-refractivity contribution in [2.45, 2.75) is 6.92 Å². The lowest BCUT2D eigenvalue weighted by molar-refractivity contribution is 0.0698. The second kappa shape index (κ2) is 6.33. The minimum Gasteiger partial charge on any atom is -0.478 e. The second-order valence-electron chi connectivity index (χ2n) is 3.33. The van der Waals surface area contributed by atoms with Gasteiger partial charge in [0.25, 0.3) is 0 Å². The molecule has 0 spiro atoms. The Morgan fingerprint density at radius 2 is 2.12 bits per heavy atom. The highest BCUT2D eigenvalue weighted by atomic mass is 16.4. The van der Waals surface area contributed by atoms with Gasteiger partial charge in [-0.2, -0.15) is 0 Å². The van der Waals surface area contributed by atoms with Crippen molar-refractivity contribution < 1.29 is 9.90 Å². The minimum absolute atomic E-state index is 0.243.